The first-order valence-electron chi connectivity index (χ1n) is 7.55. The van der Waals surface area contributed by atoms with Gasteiger partial charge in [0, 0.05) is 23.4 Å². The normalized spacial score (nSPS) is 21.9. The Hall–Kier alpha value is -2.51. The number of pyridine rings is 1. The Labute approximate surface area is 140 Å². The minimum Gasteiger partial charge on any atom is -0.365 e. The number of aromatic nitrogens is 1. The Kier molecular flexibility index (Phi) is 3.29. The molecular formula is C17H16N4O2S. The molecule has 24 heavy (non-hydrogen) atoms. The van der Waals surface area contributed by atoms with E-state index in [-0.39, 0.29) is 0 Å². The lowest BCUT2D eigenvalue weighted by Crippen LogP contribution is -2.51. The van der Waals surface area contributed by atoms with Crippen molar-refractivity contribution in [2.75, 3.05) is 7.05 Å². The molecule has 122 valence electrons. The lowest BCUT2D eigenvalue weighted by molar-refractivity contribution is 0.528. The van der Waals surface area contributed by atoms with Crippen LogP contribution in [-0.2, 0) is 21.4 Å². The fourth-order valence-corrected chi connectivity index (χ4v) is 4.62. The highest BCUT2D eigenvalue weighted by molar-refractivity contribution is 7.90. The van der Waals surface area contributed by atoms with Crippen LogP contribution in [0, 0.1) is 0 Å². The third kappa shape index (κ3) is 1.95. The summed E-state index contributed by atoms with van der Waals surface area (Å²) < 4.78 is 28.5. The zero-order chi connectivity index (χ0) is 16.8. The molecular weight excluding hydrogens is 324 g/mol. The molecule has 1 aromatic heterocycles. The first-order chi connectivity index (χ1) is 11.6. The SMILES string of the molecule is CNS(=O)(=O)C1(c2c3c(cc4ncccc24)C=NC3)C=CC=CN1. The maximum absolute atomic E-state index is 13.0. The Morgan fingerprint density at radius 2 is 2.21 bits per heavy atom. The Balaban J connectivity index is 2.15. The van der Waals surface area contributed by atoms with Gasteiger partial charge in [-0.05, 0) is 48.7 Å². The maximum atomic E-state index is 13.0. The second-order valence-electron chi connectivity index (χ2n) is 5.67. The van der Waals surface area contributed by atoms with Gasteiger partial charge >= 0.3 is 0 Å². The number of aliphatic imine (C=N–C) groups is 1. The molecule has 0 spiro atoms. The summed E-state index contributed by atoms with van der Waals surface area (Å²) in [5, 5.41) is 3.86. The van der Waals surface area contributed by atoms with Crippen molar-refractivity contribution >= 4 is 27.1 Å². The van der Waals surface area contributed by atoms with Gasteiger partial charge in [-0.1, -0.05) is 12.1 Å². The summed E-state index contributed by atoms with van der Waals surface area (Å²) in [6.45, 7) is 0.454. The third-order valence-electron chi connectivity index (χ3n) is 4.43. The molecule has 6 nitrogen and oxygen atoms in total. The summed E-state index contributed by atoms with van der Waals surface area (Å²) in [6.07, 6.45) is 10.3. The average molecular weight is 340 g/mol. The van der Waals surface area contributed by atoms with Crippen LogP contribution in [0.2, 0.25) is 0 Å². The molecule has 0 aliphatic carbocycles. The molecule has 0 saturated heterocycles. The third-order valence-corrected chi connectivity index (χ3v) is 6.27. The van der Waals surface area contributed by atoms with Crippen LogP contribution in [0.15, 0.2) is 53.8 Å². The van der Waals surface area contributed by atoms with Crippen LogP contribution in [0.5, 0.6) is 0 Å². The molecule has 2 aromatic rings. The molecule has 0 fully saturated rings. The molecule has 1 unspecified atom stereocenters. The monoisotopic (exact) mass is 340 g/mol. The first-order valence-corrected chi connectivity index (χ1v) is 9.03. The van der Waals surface area contributed by atoms with E-state index in [1.807, 2.05) is 18.2 Å². The highest BCUT2D eigenvalue weighted by Crippen LogP contribution is 2.40. The number of allylic oxidation sites excluding steroid dienone is 2. The second-order valence-corrected chi connectivity index (χ2v) is 7.72. The van der Waals surface area contributed by atoms with E-state index in [4.69, 9.17) is 0 Å². The average Bonchev–Trinajstić information content (AvgIpc) is 3.07. The van der Waals surface area contributed by atoms with Crippen molar-refractivity contribution in [1.82, 2.24) is 15.0 Å². The predicted octanol–water partition coefficient (Wildman–Crippen LogP) is 1.54. The quantitative estimate of drug-likeness (QED) is 0.888. The second kappa shape index (κ2) is 5.25. The molecule has 7 heteroatoms. The van der Waals surface area contributed by atoms with Gasteiger partial charge in [-0.3, -0.25) is 9.98 Å². The van der Waals surface area contributed by atoms with Gasteiger partial charge in [-0.2, -0.15) is 0 Å². The molecule has 1 atom stereocenters. The van der Waals surface area contributed by atoms with Crippen molar-refractivity contribution in [2.24, 2.45) is 4.99 Å². The number of sulfonamides is 1. The minimum absolute atomic E-state index is 0.454. The zero-order valence-electron chi connectivity index (χ0n) is 13.0. The molecule has 0 saturated carbocycles. The molecule has 2 N–H and O–H groups in total. The van der Waals surface area contributed by atoms with Crippen molar-refractivity contribution in [3.63, 3.8) is 0 Å². The molecule has 4 rings (SSSR count). The Bertz CT molecular complexity index is 1020. The summed E-state index contributed by atoms with van der Waals surface area (Å²) in [5.41, 5.74) is 3.24. The van der Waals surface area contributed by atoms with Gasteiger partial charge in [0.05, 0.1) is 12.1 Å². The lowest BCUT2D eigenvalue weighted by Gasteiger charge is -2.34. The van der Waals surface area contributed by atoms with Crippen molar-refractivity contribution < 1.29 is 8.42 Å². The predicted molar refractivity (Wildman–Crippen MR) is 94.1 cm³/mol. The van der Waals surface area contributed by atoms with Gasteiger partial charge in [0.2, 0.25) is 10.0 Å². The van der Waals surface area contributed by atoms with E-state index in [1.54, 1.807) is 36.8 Å². The number of benzene rings is 1. The van der Waals surface area contributed by atoms with Crippen LogP contribution in [0.3, 0.4) is 0 Å². The fourth-order valence-electron chi connectivity index (χ4n) is 3.31. The standard InChI is InChI=1S/C17H16N4O2S/c1-18-24(22,23)17(6-2-3-8-21-17)16-13-5-4-7-20-15(13)9-12-10-19-11-14(12)16/h2-10,18,21H,11H2,1H3. The first kappa shape index (κ1) is 15.0. The van der Waals surface area contributed by atoms with Gasteiger partial charge in [-0.15, -0.1) is 0 Å². The summed E-state index contributed by atoms with van der Waals surface area (Å²) in [7, 11) is -2.31. The number of hydrogen-bond donors (Lipinski definition) is 2. The molecule has 2 aliphatic rings. The highest BCUT2D eigenvalue weighted by Gasteiger charge is 2.46. The molecule has 0 bridgehead atoms. The van der Waals surface area contributed by atoms with Gasteiger partial charge in [0.25, 0.3) is 0 Å². The van der Waals surface area contributed by atoms with E-state index < -0.39 is 14.9 Å². The van der Waals surface area contributed by atoms with Crippen molar-refractivity contribution in [2.45, 2.75) is 11.4 Å². The van der Waals surface area contributed by atoms with Crippen LogP contribution in [0.4, 0.5) is 0 Å². The molecule has 2 aliphatic heterocycles. The number of nitrogens with zero attached hydrogens (tertiary/aromatic N) is 2. The number of rotatable bonds is 3. The summed E-state index contributed by atoms with van der Waals surface area (Å²) in [4.78, 5) is 7.33. The summed E-state index contributed by atoms with van der Waals surface area (Å²) in [5.74, 6) is 0. The lowest BCUT2D eigenvalue weighted by atomic mass is 9.91. The van der Waals surface area contributed by atoms with E-state index in [9.17, 15) is 8.42 Å². The van der Waals surface area contributed by atoms with Crippen LogP contribution in [0.25, 0.3) is 10.9 Å². The van der Waals surface area contributed by atoms with Crippen molar-refractivity contribution in [3.05, 3.63) is 65.5 Å². The topological polar surface area (TPSA) is 83.5 Å². The molecule has 1 aromatic carbocycles. The smallest absolute Gasteiger partial charge is 0.243 e. The summed E-state index contributed by atoms with van der Waals surface area (Å²) >= 11 is 0. The van der Waals surface area contributed by atoms with Crippen molar-refractivity contribution in [1.29, 1.82) is 0 Å². The van der Waals surface area contributed by atoms with Crippen LogP contribution in [0.1, 0.15) is 16.7 Å². The van der Waals surface area contributed by atoms with E-state index in [0.717, 1.165) is 22.0 Å². The molecule has 0 radical (unpaired) electrons. The number of hydrogen-bond acceptors (Lipinski definition) is 5. The number of dihydropyridines is 1. The van der Waals surface area contributed by atoms with Gasteiger partial charge in [-0.25, -0.2) is 13.1 Å². The van der Waals surface area contributed by atoms with Gasteiger partial charge < -0.3 is 5.32 Å². The van der Waals surface area contributed by atoms with Crippen LogP contribution >= 0.6 is 0 Å². The Morgan fingerprint density at radius 1 is 1.33 bits per heavy atom. The van der Waals surface area contributed by atoms with Gasteiger partial charge in [0.15, 0.2) is 4.87 Å². The zero-order valence-corrected chi connectivity index (χ0v) is 13.8. The summed E-state index contributed by atoms with van der Waals surface area (Å²) in [6, 6.07) is 5.67. The van der Waals surface area contributed by atoms with Crippen LogP contribution < -0.4 is 10.0 Å². The van der Waals surface area contributed by atoms with E-state index in [0.29, 0.717) is 12.1 Å². The number of nitrogens with one attached hydrogen (secondary N) is 2. The van der Waals surface area contributed by atoms with Crippen LogP contribution in [-0.4, -0.2) is 26.7 Å². The van der Waals surface area contributed by atoms with E-state index in [1.165, 1.54) is 7.05 Å². The Morgan fingerprint density at radius 3 is 2.96 bits per heavy atom. The van der Waals surface area contributed by atoms with E-state index >= 15 is 0 Å². The van der Waals surface area contributed by atoms with E-state index in [2.05, 4.69) is 20.0 Å². The maximum Gasteiger partial charge on any atom is 0.243 e. The largest absolute Gasteiger partial charge is 0.365 e. The minimum atomic E-state index is -3.73. The number of fused-ring (bicyclic) bond motifs is 2. The van der Waals surface area contributed by atoms with Gasteiger partial charge in [0.1, 0.15) is 0 Å². The van der Waals surface area contributed by atoms with Crippen molar-refractivity contribution in [3.8, 4) is 0 Å². The fraction of sp³-hybridized carbons (Fsp3) is 0.176. The highest BCUT2D eigenvalue weighted by atomic mass is 32.2. The molecule has 0 amide bonds. The molecule has 3 heterocycles.